The number of amides is 7. The molecule has 0 bridgehead atoms. The van der Waals surface area contributed by atoms with Crippen LogP contribution in [0, 0.1) is 5.92 Å². The van der Waals surface area contributed by atoms with Gasteiger partial charge in [-0.05, 0) is 59.0 Å². The minimum absolute atomic E-state index is 0.0303. The molecule has 6 rings (SSSR count). The number of carbonyl (C=O) groups excluding carboxylic acids is 7. The number of rotatable bonds is 17. The van der Waals surface area contributed by atoms with E-state index in [2.05, 4.69) is 20.9 Å². The molecule has 0 aliphatic carbocycles. The summed E-state index contributed by atoms with van der Waals surface area (Å²) in [5, 5.41) is 15.3. The summed E-state index contributed by atoms with van der Waals surface area (Å²) in [6, 6.07) is 16.2. The van der Waals surface area contributed by atoms with Crippen molar-refractivity contribution in [3.8, 4) is 0 Å². The monoisotopic (exact) mass is 828 g/mol. The normalized spacial score (nSPS) is 16.2. The lowest BCUT2D eigenvalue weighted by atomic mass is 9.93. The van der Waals surface area contributed by atoms with E-state index in [-0.39, 0.29) is 61.9 Å². The third kappa shape index (κ3) is 11.4. The molecule has 3 N–H and O–H groups in total. The van der Waals surface area contributed by atoms with E-state index in [0.29, 0.717) is 66.8 Å². The summed E-state index contributed by atoms with van der Waals surface area (Å²) in [6.45, 7) is 4.02. The molecule has 3 aliphatic heterocycles. The second kappa shape index (κ2) is 20.1. The Hall–Kier alpha value is -5.75. The predicted molar refractivity (Wildman–Crippen MR) is 218 cm³/mol. The van der Waals surface area contributed by atoms with E-state index < -0.39 is 17.8 Å². The number of benzene rings is 2. The number of pyridine rings is 1. The fraction of sp³-hybridized carbons (Fsp3) is 0.375. The SMILES string of the molecule is CC1CC(=O)N(Cc2ccc(C(=O)NCCCNC(=O)CCSSCCC(=O)ON3C(=O)CCC3=O)cc2)N=C1c1ccc(NC(=O)N2Cc3ccncc3C2)cc1. The number of hydroxylamine groups is 2. The number of fused-ring (bicyclic) bond motifs is 1. The summed E-state index contributed by atoms with van der Waals surface area (Å²) in [7, 11) is 2.82. The molecule has 4 heterocycles. The molecule has 18 heteroatoms. The van der Waals surface area contributed by atoms with Crippen LogP contribution in [-0.2, 0) is 48.4 Å². The van der Waals surface area contributed by atoms with Crippen molar-refractivity contribution in [1.82, 2.24) is 30.6 Å². The Morgan fingerprint density at radius 3 is 2.24 bits per heavy atom. The zero-order chi connectivity index (χ0) is 41.0. The maximum absolute atomic E-state index is 13.0. The highest BCUT2D eigenvalue weighted by atomic mass is 33.1. The third-order valence-corrected chi connectivity index (χ3v) is 11.9. The second-order valence-corrected chi connectivity index (χ2v) is 16.6. The molecule has 7 amide bonds. The molecule has 16 nitrogen and oxygen atoms in total. The summed E-state index contributed by atoms with van der Waals surface area (Å²) in [4.78, 5) is 96.3. The zero-order valence-electron chi connectivity index (χ0n) is 31.9. The Bertz CT molecular complexity index is 2020. The summed E-state index contributed by atoms with van der Waals surface area (Å²) in [5.41, 5.74) is 5.71. The summed E-state index contributed by atoms with van der Waals surface area (Å²) in [5.74, 6) is -1.31. The van der Waals surface area contributed by atoms with Crippen LogP contribution in [0.3, 0.4) is 0 Å². The van der Waals surface area contributed by atoms with Gasteiger partial charge in [-0.2, -0.15) is 5.10 Å². The highest BCUT2D eigenvalue weighted by Crippen LogP contribution is 2.26. The Morgan fingerprint density at radius 1 is 0.828 bits per heavy atom. The van der Waals surface area contributed by atoms with Crippen LogP contribution in [0.1, 0.15) is 78.1 Å². The molecule has 2 aromatic carbocycles. The topological polar surface area (TPSA) is 200 Å². The average Bonchev–Trinajstić information content (AvgIpc) is 3.80. The molecule has 0 saturated carbocycles. The molecule has 304 valence electrons. The van der Waals surface area contributed by atoms with Gasteiger partial charge in [-0.15, -0.1) is 5.06 Å². The van der Waals surface area contributed by atoms with Crippen molar-refractivity contribution in [3.63, 3.8) is 0 Å². The van der Waals surface area contributed by atoms with E-state index in [1.54, 1.807) is 41.6 Å². The van der Waals surface area contributed by atoms with Gasteiger partial charge in [-0.25, -0.2) is 14.6 Å². The van der Waals surface area contributed by atoms with Crippen molar-refractivity contribution in [2.45, 2.75) is 65.1 Å². The van der Waals surface area contributed by atoms with Gasteiger partial charge >= 0.3 is 12.0 Å². The number of aromatic nitrogens is 1. The molecule has 58 heavy (non-hydrogen) atoms. The number of imide groups is 1. The van der Waals surface area contributed by atoms with Gasteiger partial charge in [0.05, 0.1) is 18.7 Å². The molecular formula is C40H44N8O8S2. The van der Waals surface area contributed by atoms with Gasteiger partial charge in [0, 0.05) is 92.9 Å². The van der Waals surface area contributed by atoms with Gasteiger partial charge in [0.25, 0.3) is 17.7 Å². The number of anilines is 1. The number of hydrogen-bond donors (Lipinski definition) is 3. The summed E-state index contributed by atoms with van der Waals surface area (Å²) in [6.07, 6.45) is 4.77. The van der Waals surface area contributed by atoms with E-state index in [4.69, 9.17) is 9.94 Å². The lowest BCUT2D eigenvalue weighted by molar-refractivity contribution is -0.197. The van der Waals surface area contributed by atoms with Crippen molar-refractivity contribution < 1.29 is 38.4 Å². The summed E-state index contributed by atoms with van der Waals surface area (Å²) < 4.78 is 0. The Labute approximate surface area is 343 Å². The first-order valence-electron chi connectivity index (χ1n) is 19.0. The van der Waals surface area contributed by atoms with E-state index in [0.717, 1.165) is 28.0 Å². The lowest BCUT2D eigenvalue weighted by Crippen LogP contribution is -2.36. The fourth-order valence-corrected chi connectivity index (χ4v) is 8.29. The smallest absolute Gasteiger partial charge is 0.334 e. The number of carbonyl (C=O) groups is 7. The molecule has 1 aromatic heterocycles. The van der Waals surface area contributed by atoms with Crippen molar-refractivity contribution >= 4 is 74.5 Å². The number of hydrazone groups is 1. The second-order valence-electron chi connectivity index (χ2n) is 13.9. The minimum atomic E-state index is -0.656. The molecule has 1 unspecified atom stereocenters. The molecule has 1 atom stereocenters. The standard InChI is InChI=1S/C40H44N8O8S2/c1-26-21-36(52)47(45-38(26)28-7-9-32(10-8-28)44-40(55)46-24-30-13-18-41-22-31(30)25-46)23-27-3-5-29(6-4-27)39(54)43-17-2-16-42-33(49)14-19-57-58-20-15-37(53)56-48-34(50)11-12-35(48)51/h3-10,13,18,22,26H,2,11-12,14-17,19-21,23-25H2,1H3,(H,42,49)(H,43,54)(H,44,55). The maximum Gasteiger partial charge on any atom is 0.334 e. The van der Waals surface area contributed by atoms with Gasteiger partial charge < -0.3 is 25.7 Å². The van der Waals surface area contributed by atoms with Crippen molar-refractivity contribution in [3.05, 3.63) is 94.8 Å². The van der Waals surface area contributed by atoms with Crippen LogP contribution in [0.2, 0.25) is 0 Å². The van der Waals surface area contributed by atoms with E-state index in [1.165, 1.54) is 26.6 Å². The Balaban J connectivity index is 0.861. The van der Waals surface area contributed by atoms with Crippen LogP contribution < -0.4 is 16.0 Å². The number of nitrogens with zero attached hydrogens (tertiary/aromatic N) is 5. The van der Waals surface area contributed by atoms with Crippen LogP contribution in [-0.4, -0.2) is 91.8 Å². The maximum atomic E-state index is 13.0. The Morgan fingerprint density at radius 2 is 1.52 bits per heavy atom. The highest BCUT2D eigenvalue weighted by Gasteiger charge is 2.33. The zero-order valence-corrected chi connectivity index (χ0v) is 33.6. The molecule has 0 spiro atoms. The first-order valence-corrected chi connectivity index (χ1v) is 21.4. The molecule has 3 aliphatic rings. The predicted octanol–water partition coefficient (Wildman–Crippen LogP) is 4.41. The van der Waals surface area contributed by atoms with Gasteiger partial charge in [-0.1, -0.05) is 52.8 Å². The van der Waals surface area contributed by atoms with E-state index >= 15 is 0 Å². The largest absolute Gasteiger partial charge is 0.356 e. The number of urea groups is 1. The van der Waals surface area contributed by atoms with E-state index in [9.17, 15) is 33.6 Å². The molecule has 3 aromatic rings. The number of hydrogen-bond acceptors (Lipinski definition) is 12. The quantitative estimate of drug-likeness (QED) is 0.0990. The van der Waals surface area contributed by atoms with Gasteiger partial charge in [0.1, 0.15) is 0 Å². The van der Waals surface area contributed by atoms with E-state index in [1.807, 2.05) is 37.3 Å². The van der Waals surface area contributed by atoms with Crippen LogP contribution >= 0.6 is 21.6 Å². The fourth-order valence-electron chi connectivity index (χ4n) is 6.33. The first-order chi connectivity index (χ1) is 28.0. The van der Waals surface area contributed by atoms with Crippen LogP contribution in [0.15, 0.2) is 72.1 Å². The molecule has 1 fully saturated rings. The van der Waals surface area contributed by atoms with Gasteiger partial charge in [0.2, 0.25) is 11.8 Å². The van der Waals surface area contributed by atoms with Gasteiger partial charge in [0.15, 0.2) is 0 Å². The van der Waals surface area contributed by atoms with Crippen LogP contribution in [0.4, 0.5) is 10.5 Å². The van der Waals surface area contributed by atoms with Crippen LogP contribution in [0.25, 0.3) is 0 Å². The summed E-state index contributed by atoms with van der Waals surface area (Å²) >= 11 is 0. The van der Waals surface area contributed by atoms with Crippen molar-refractivity contribution in [2.75, 3.05) is 29.9 Å². The van der Waals surface area contributed by atoms with Crippen molar-refractivity contribution in [2.24, 2.45) is 11.0 Å². The molecule has 1 saturated heterocycles. The van der Waals surface area contributed by atoms with Gasteiger partial charge in [-0.3, -0.25) is 29.0 Å². The van der Waals surface area contributed by atoms with Crippen LogP contribution in [0.5, 0.6) is 0 Å². The first kappa shape index (κ1) is 41.9. The molecular weight excluding hydrogens is 785 g/mol. The lowest BCUT2D eigenvalue weighted by Gasteiger charge is -2.28. The molecule has 0 radical (unpaired) electrons. The highest BCUT2D eigenvalue weighted by molar-refractivity contribution is 8.76. The minimum Gasteiger partial charge on any atom is -0.356 e. The third-order valence-electron chi connectivity index (χ3n) is 9.50. The van der Waals surface area contributed by atoms with Crippen molar-refractivity contribution in [1.29, 1.82) is 0 Å². The average molecular weight is 829 g/mol. The number of nitrogens with one attached hydrogen (secondary N) is 3. The Kier molecular flexibility index (Phi) is 14.5.